The van der Waals surface area contributed by atoms with E-state index in [4.69, 9.17) is 9.52 Å². The number of aryl methyl sites for hydroxylation is 1. The van der Waals surface area contributed by atoms with E-state index in [1.807, 2.05) is 6.92 Å². The largest absolute Gasteiger partial charge is 0.477 e. The number of carboxylic acid groups (broad SMARTS) is 1. The highest BCUT2D eigenvalue weighted by molar-refractivity contribution is 14.1. The molecular formula is C11H11IN2O3. The highest BCUT2D eigenvalue weighted by Gasteiger charge is 2.20. The van der Waals surface area contributed by atoms with Gasteiger partial charge in [-0.1, -0.05) is 0 Å². The van der Waals surface area contributed by atoms with Crippen molar-refractivity contribution in [2.45, 2.75) is 19.9 Å². The van der Waals surface area contributed by atoms with Crippen LogP contribution in [0.4, 0.5) is 0 Å². The molecule has 5 nitrogen and oxygen atoms in total. The van der Waals surface area contributed by atoms with E-state index < -0.39 is 5.97 Å². The summed E-state index contributed by atoms with van der Waals surface area (Å²) in [7, 11) is 0. The summed E-state index contributed by atoms with van der Waals surface area (Å²) in [6.45, 7) is 3.66. The number of nitrogens with zero attached hydrogens (tertiary/aromatic N) is 2. The molecule has 6 heteroatoms. The summed E-state index contributed by atoms with van der Waals surface area (Å²) >= 11 is 2.08. The molecule has 0 aliphatic rings. The number of rotatable bonds is 3. The van der Waals surface area contributed by atoms with Crippen LogP contribution in [0.1, 0.15) is 35.1 Å². The van der Waals surface area contributed by atoms with Crippen molar-refractivity contribution in [1.29, 1.82) is 0 Å². The Morgan fingerprint density at radius 2 is 2.35 bits per heavy atom. The van der Waals surface area contributed by atoms with Crippen molar-refractivity contribution in [2.75, 3.05) is 0 Å². The van der Waals surface area contributed by atoms with Crippen molar-refractivity contribution in [2.24, 2.45) is 0 Å². The third-order valence-corrected chi connectivity index (χ3v) is 3.04. The summed E-state index contributed by atoms with van der Waals surface area (Å²) in [5, 5.41) is 9.10. The van der Waals surface area contributed by atoms with Gasteiger partial charge in [0.2, 0.25) is 5.89 Å². The van der Waals surface area contributed by atoms with E-state index in [-0.39, 0.29) is 11.7 Å². The fourth-order valence-corrected chi connectivity index (χ4v) is 2.22. The second-order valence-corrected chi connectivity index (χ2v) is 4.99. The summed E-state index contributed by atoms with van der Waals surface area (Å²) in [5.74, 6) is 0.269. The topological polar surface area (TPSA) is 68.3 Å². The quantitative estimate of drug-likeness (QED) is 0.868. The number of hydrogen-bond donors (Lipinski definition) is 1. The molecule has 1 atom stereocenters. The lowest BCUT2D eigenvalue weighted by Gasteiger charge is -2.11. The molecule has 0 amide bonds. The van der Waals surface area contributed by atoms with Gasteiger partial charge in [0.05, 0.1) is 6.20 Å². The Hall–Kier alpha value is -1.31. The molecule has 0 saturated carbocycles. The molecule has 2 rings (SSSR count). The summed E-state index contributed by atoms with van der Waals surface area (Å²) in [6.07, 6.45) is 3.40. The van der Waals surface area contributed by atoms with Crippen LogP contribution in [0.3, 0.4) is 0 Å². The third-order valence-electron chi connectivity index (χ3n) is 2.45. The highest BCUT2D eigenvalue weighted by atomic mass is 127. The first kappa shape index (κ1) is 12.2. The Bertz CT molecular complexity index is 559. The number of halogens is 1. The van der Waals surface area contributed by atoms with E-state index in [0.29, 0.717) is 11.7 Å². The summed E-state index contributed by atoms with van der Waals surface area (Å²) < 4.78 is 7.94. The summed E-state index contributed by atoms with van der Waals surface area (Å²) in [6, 6.07) is 1.38. The molecule has 2 aromatic heterocycles. The monoisotopic (exact) mass is 346 g/mol. The minimum Gasteiger partial charge on any atom is -0.477 e. The molecule has 17 heavy (non-hydrogen) atoms. The first-order valence-electron chi connectivity index (χ1n) is 5.02. The SMILES string of the molecule is Cc1cnc(C(C)n2cc(I)cc2C(=O)O)o1. The average molecular weight is 346 g/mol. The fraction of sp³-hybridized carbons (Fsp3) is 0.273. The normalized spacial score (nSPS) is 12.6. The number of aromatic nitrogens is 2. The molecule has 0 fully saturated rings. The van der Waals surface area contributed by atoms with Crippen molar-refractivity contribution in [3.05, 3.63) is 39.4 Å². The summed E-state index contributed by atoms with van der Waals surface area (Å²) in [4.78, 5) is 15.2. The van der Waals surface area contributed by atoms with Crippen LogP contribution in [0.2, 0.25) is 0 Å². The molecule has 2 heterocycles. The molecule has 2 aromatic rings. The van der Waals surface area contributed by atoms with Crippen LogP contribution in [0.15, 0.2) is 22.9 Å². The van der Waals surface area contributed by atoms with Crippen LogP contribution in [0.5, 0.6) is 0 Å². The van der Waals surface area contributed by atoms with Gasteiger partial charge in [0.25, 0.3) is 0 Å². The molecule has 0 bridgehead atoms. The predicted molar refractivity (Wildman–Crippen MR) is 69.2 cm³/mol. The lowest BCUT2D eigenvalue weighted by molar-refractivity contribution is 0.0683. The minimum absolute atomic E-state index is 0.234. The van der Waals surface area contributed by atoms with E-state index in [1.54, 1.807) is 30.0 Å². The van der Waals surface area contributed by atoms with Gasteiger partial charge in [-0.3, -0.25) is 0 Å². The smallest absolute Gasteiger partial charge is 0.352 e. The lowest BCUT2D eigenvalue weighted by Crippen LogP contribution is -2.13. The third kappa shape index (κ3) is 2.36. The maximum Gasteiger partial charge on any atom is 0.352 e. The number of oxazole rings is 1. The predicted octanol–water partition coefficient (Wildman–Crippen LogP) is 2.70. The number of aromatic carboxylic acids is 1. The zero-order valence-electron chi connectivity index (χ0n) is 9.35. The second-order valence-electron chi connectivity index (χ2n) is 3.74. The molecule has 1 unspecified atom stereocenters. The first-order chi connectivity index (χ1) is 7.99. The minimum atomic E-state index is -0.956. The van der Waals surface area contributed by atoms with Gasteiger partial charge in [-0.15, -0.1) is 0 Å². The lowest BCUT2D eigenvalue weighted by atomic mass is 10.3. The van der Waals surface area contributed by atoms with Gasteiger partial charge in [0, 0.05) is 9.77 Å². The van der Waals surface area contributed by atoms with E-state index >= 15 is 0 Å². The van der Waals surface area contributed by atoms with Gasteiger partial charge in [-0.2, -0.15) is 0 Å². The molecule has 0 radical (unpaired) electrons. The number of carbonyl (C=O) groups is 1. The van der Waals surface area contributed by atoms with Crippen molar-refractivity contribution >= 4 is 28.6 Å². The second kappa shape index (κ2) is 4.52. The number of hydrogen-bond acceptors (Lipinski definition) is 3. The van der Waals surface area contributed by atoms with Gasteiger partial charge >= 0.3 is 5.97 Å². The average Bonchev–Trinajstić information content (AvgIpc) is 2.83. The Morgan fingerprint density at radius 1 is 1.65 bits per heavy atom. The Kier molecular flexibility index (Phi) is 3.23. The molecular weight excluding hydrogens is 335 g/mol. The van der Waals surface area contributed by atoms with E-state index in [0.717, 1.165) is 3.57 Å². The number of carboxylic acids is 1. The van der Waals surface area contributed by atoms with Crippen LogP contribution in [0, 0.1) is 10.5 Å². The zero-order chi connectivity index (χ0) is 12.6. The Morgan fingerprint density at radius 3 is 2.88 bits per heavy atom. The maximum atomic E-state index is 11.1. The van der Waals surface area contributed by atoms with Crippen LogP contribution >= 0.6 is 22.6 Å². The molecule has 0 spiro atoms. The van der Waals surface area contributed by atoms with Crippen LogP contribution < -0.4 is 0 Å². The van der Waals surface area contributed by atoms with Crippen LogP contribution in [-0.2, 0) is 0 Å². The molecule has 0 saturated heterocycles. The fourth-order valence-electron chi connectivity index (χ4n) is 1.62. The molecule has 90 valence electrons. The van der Waals surface area contributed by atoms with Crippen molar-refractivity contribution < 1.29 is 14.3 Å². The van der Waals surface area contributed by atoms with E-state index in [1.165, 1.54) is 0 Å². The van der Waals surface area contributed by atoms with Crippen molar-refractivity contribution in [3.63, 3.8) is 0 Å². The van der Waals surface area contributed by atoms with Crippen LogP contribution in [-0.4, -0.2) is 20.6 Å². The maximum absolute atomic E-state index is 11.1. The standard InChI is InChI=1S/C11H11IN2O3/c1-6-4-13-10(17-6)7(2)14-5-8(12)3-9(14)11(15)16/h3-5,7H,1-2H3,(H,15,16). The zero-order valence-corrected chi connectivity index (χ0v) is 11.5. The first-order valence-corrected chi connectivity index (χ1v) is 6.10. The van der Waals surface area contributed by atoms with E-state index in [9.17, 15) is 4.79 Å². The highest BCUT2D eigenvalue weighted by Crippen LogP contribution is 2.22. The van der Waals surface area contributed by atoms with Crippen molar-refractivity contribution in [3.8, 4) is 0 Å². The molecule has 0 aliphatic heterocycles. The van der Waals surface area contributed by atoms with Gasteiger partial charge in [0.15, 0.2) is 0 Å². The van der Waals surface area contributed by atoms with E-state index in [2.05, 4.69) is 27.6 Å². The Balaban J connectivity index is 2.43. The van der Waals surface area contributed by atoms with Crippen LogP contribution in [0.25, 0.3) is 0 Å². The van der Waals surface area contributed by atoms with Crippen molar-refractivity contribution in [1.82, 2.24) is 9.55 Å². The molecule has 0 aliphatic carbocycles. The van der Waals surface area contributed by atoms with Gasteiger partial charge in [-0.25, -0.2) is 9.78 Å². The Labute approximate surface area is 112 Å². The van der Waals surface area contributed by atoms with Gasteiger partial charge in [0.1, 0.15) is 17.5 Å². The summed E-state index contributed by atoms with van der Waals surface area (Å²) in [5.41, 5.74) is 0.234. The van der Waals surface area contributed by atoms with Gasteiger partial charge in [-0.05, 0) is 42.5 Å². The molecule has 1 N–H and O–H groups in total. The van der Waals surface area contributed by atoms with Gasteiger partial charge < -0.3 is 14.1 Å². The molecule has 0 aromatic carbocycles.